The van der Waals surface area contributed by atoms with Crippen molar-refractivity contribution < 1.29 is 23.9 Å². The first-order valence-corrected chi connectivity index (χ1v) is 11.1. The van der Waals surface area contributed by atoms with Gasteiger partial charge in [0, 0.05) is 20.1 Å². The van der Waals surface area contributed by atoms with Crippen LogP contribution in [-0.2, 0) is 19.1 Å². The number of carbonyl (C=O) groups excluding carboxylic acids is 3. The zero-order valence-electron chi connectivity index (χ0n) is 19.6. The van der Waals surface area contributed by atoms with Crippen molar-refractivity contribution in [3.63, 3.8) is 0 Å². The van der Waals surface area contributed by atoms with Crippen LogP contribution in [0, 0.1) is 12.8 Å². The molecule has 0 N–H and O–H groups in total. The van der Waals surface area contributed by atoms with Crippen LogP contribution < -0.4 is 4.74 Å². The van der Waals surface area contributed by atoms with Gasteiger partial charge in [-0.25, -0.2) is 0 Å². The van der Waals surface area contributed by atoms with Gasteiger partial charge in [-0.15, -0.1) is 0 Å². The normalized spacial score (nSPS) is 15.5. The van der Waals surface area contributed by atoms with Crippen molar-refractivity contribution in [2.45, 2.75) is 59.5 Å². The standard InChI is InChI=1S/C24H36N2O5/c1-7-30-24(29)19-10-12-26(13-11-19)22(27)15-25(6)23(28)18(5)31-20-8-9-21(16(2)3)17(4)14-20/h8-9,14,16,18-19H,7,10-13,15H2,1-6H3. The number of rotatable bonds is 8. The molecule has 172 valence electrons. The molecule has 0 aliphatic carbocycles. The number of ether oxygens (including phenoxy) is 2. The summed E-state index contributed by atoms with van der Waals surface area (Å²) < 4.78 is 10.9. The maximum Gasteiger partial charge on any atom is 0.309 e. The summed E-state index contributed by atoms with van der Waals surface area (Å²) in [5.74, 6) is 0.353. The fourth-order valence-corrected chi connectivity index (χ4v) is 3.94. The number of aryl methyl sites for hydroxylation is 1. The molecule has 1 heterocycles. The fourth-order valence-electron chi connectivity index (χ4n) is 3.94. The Morgan fingerprint density at radius 3 is 2.35 bits per heavy atom. The van der Waals surface area contributed by atoms with Crippen molar-refractivity contribution in [2.75, 3.05) is 33.3 Å². The first-order chi connectivity index (χ1) is 14.6. The van der Waals surface area contributed by atoms with Crippen molar-refractivity contribution in [3.05, 3.63) is 29.3 Å². The molecule has 0 radical (unpaired) electrons. The van der Waals surface area contributed by atoms with Gasteiger partial charge in [0.05, 0.1) is 19.1 Å². The SMILES string of the molecule is CCOC(=O)C1CCN(C(=O)CN(C)C(=O)C(C)Oc2ccc(C(C)C)c(C)c2)CC1. The van der Waals surface area contributed by atoms with E-state index in [1.807, 2.05) is 25.1 Å². The molecule has 1 aliphatic rings. The van der Waals surface area contributed by atoms with Crippen molar-refractivity contribution >= 4 is 17.8 Å². The van der Waals surface area contributed by atoms with Crippen LogP contribution in [0.15, 0.2) is 18.2 Å². The summed E-state index contributed by atoms with van der Waals surface area (Å²) in [5.41, 5.74) is 2.38. The van der Waals surface area contributed by atoms with Crippen LogP contribution in [0.1, 0.15) is 57.6 Å². The maximum atomic E-state index is 12.7. The van der Waals surface area contributed by atoms with E-state index in [9.17, 15) is 14.4 Å². The molecule has 31 heavy (non-hydrogen) atoms. The summed E-state index contributed by atoms with van der Waals surface area (Å²) in [4.78, 5) is 40.3. The van der Waals surface area contributed by atoms with Crippen LogP contribution in [0.5, 0.6) is 5.75 Å². The number of esters is 1. The van der Waals surface area contributed by atoms with Crippen molar-refractivity contribution in [1.82, 2.24) is 9.80 Å². The highest BCUT2D eigenvalue weighted by Crippen LogP contribution is 2.24. The van der Waals surface area contributed by atoms with Crippen LogP contribution in [-0.4, -0.2) is 67.0 Å². The van der Waals surface area contributed by atoms with Gasteiger partial charge < -0.3 is 19.3 Å². The van der Waals surface area contributed by atoms with E-state index in [-0.39, 0.29) is 30.2 Å². The van der Waals surface area contributed by atoms with E-state index in [1.165, 1.54) is 10.5 Å². The highest BCUT2D eigenvalue weighted by atomic mass is 16.5. The number of likely N-dealkylation sites (tertiary alicyclic amines) is 1. The number of benzene rings is 1. The summed E-state index contributed by atoms with van der Waals surface area (Å²) in [7, 11) is 1.61. The van der Waals surface area contributed by atoms with Crippen molar-refractivity contribution in [3.8, 4) is 5.75 Å². The summed E-state index contributed by atoms with van der Waals surface area (Å²) in [5, 5.41) is 0. The highest BCUT2D eigenvalue weighted by molar-refractivity contribution is 5.87. The van der Waals surface area contributed by atoms with E-state index in [1.54, 1.807) is 25.8 Å². The predicted molar refractivity (Wildman–Crippen MR) is 119 cm³/mol. The van der Waals surface area contributed by atoms with E-state index in [2.05, 4.69) is 13.8 Å². The monoisotopic (exact) mass is 432 g/mol. The fraction of sp³-hybridized carbons (Fsp3) is 0.625. The Balaban J connectivity index is 1.85. The molecular formula is C24H36N2O5. The number of amides is 2. The lowest BCUT2D eigenvalue weighted by Crippen LogP contribution is -2.47. The van der Waals surface area contributed by atoms with Gasteiger partial charge in [0.1, 0.15) is 5.75 Å². The van der Waals surface area contributed by atoms with Crippen LogP contribution in [0.4, 0.5) is 0 Å². The Bertz CT molecular complexity index is 784. The number of hydrogen-bond acceptors (Lipinski definition) is 5. The Hall–Kier alpha value is -2.57. The summed E-state index contributed by atoms with van der Waals surface area (Å²) in [6.07, 6.45) is 0.484. The Morgan fingerprint density at radius 1 is 1.16 bits per heavy atom. The molecule has 0 saturated carbocycles. The van der Waals surface area contributed by atoms with E-state index in [0.29, 0.717) is 44.2 Å². The van der Waals surface area contributed by atoms with Crippen molar-refractivity contribution in [2.24, 2.45) is 5.92 Å². The van der Waals surface area contributed by atoms with Gasteiger partial charge in [0.25, 0.3) is 5.91 Å². The highest BCUT2D eigenvalue weighted by Gasteiger charge is 2.29. The molecule has 0 spiro atoms. The van der Waals surface area contributed by atoms with Gasteiger partial charge in [-0.05, 0) is 62.8 Å². The lowest BCUT2D eigenvalue weighted by molar-refractivity contribution is -0.151. The molecule has 7 heteroatoms. The average molecular weight is 433 g/mol. The summed E-state index contributed by atoms with van der Waals surface area (Å²) >= 11 is 0. The second-order valence-electron chi connectivity index (χ2n) is 8.53. The zero-order chi connectivity index (χ0) is 23.1. The Kier molecular flexibility index (Phi) is 8.89. The molecule has 1 atom stereocenters. The predicted octanol–water partition coefficient (Wildman–Crippen LogP) is 3.15. The lowest BCUT2D eigenvalue weighted by Gasteiger charge is -2.32. The molecule has 1 fully saturated rings. The van der Waals surface area contributed by atoms with E-state index >= 15 is 0 Å². The van der Waals surface area contributed by atoms with Crippen LogP contribution in [0.3, 0.4) is 0 Å². The molecule has 1 unspecified atom stereocenters. The van der Waals surface area contributed by atoms with Crippen LogP contribution >= 0.6 is 0 Å². The van der Waals surface area contributed by atoms with Gasteiger partial charge in [0.2, 0.25) is 5.91 Å². The molecule has 2 rings (SSSR count). The number of nitrogens with zero attached hydrogens (tertiary/aromatic N) is 2. The molecule has 1 aromatic rings. The molecule has 0 bridgehead atoms. The molecule has 1 aromatic carbocycles. The number of hydrogen-bond donors (Lipinski definition) is 0. The largest absolute Gasteiger partial charge is 0.481 e. The number of piperidine rings is 1. The smallest absolute Gasteiger partial charge is 0.309 e. The summed E-state index contributed by atoms with van der Waals surface area (Å²) in [6.45, 7) is 11.1. The third-order valence-electron chi connectivity index (χ3n) is 5.74. The van der Waals surface area contributed by atoms with Gasteiger partial charge in [-0.3, -0.25) is 14.4 Å². The van der Waals surface area contributed by atoms with Crippen molar-refractivity contribution in [1.29, 1.82) is 0 Å². The third kappa shape index (κ3) is 6.71. The van der Waals surface area contributed by atoms with E-state index in [0.717, 1.165) is 5.56 Å². The summed E-state index contributed by atoms with van der Waals surface area (Å²) in [6, 6.07) is 5.85. The maximum absolute atomic E-state index is 12.7. The first-order valence-electron chi connectivity index (χ1n) is 11.1. The first kappa shape index (κ1) is 24.7. The quantitative estimate of drug-likeness (QED) is 0.590. The molecule has 7 nitrogen and oxygen atoms in total. The van der Waals surface area contributed by atoms with E-state index < -0.39 is 6.10 Å². The average Bonchev–Trinajstić information content (AvgIpc) is 2.73. The molecule has 0 aromatic heterocycles. The van der Waals surface area contributed by atoms with Gasteiger partial charge in [0.15, 0.2) is 6.10 Å². The number of carbonyl (C=O) groups is 3. The second-order valence-corrected chi connectivity index (χ2v) is 8.53. The topological polar surface area (TPSA) is 76.2 Å². The minimum absolute atomic E-state index is 0.0120. The second kappa shape index (κ2) is 11.2. The Labute approximate surface area is 185 Å². The van der Waals surface area contributed by atoms with Gasteiger partial charge in [-0.2, -0.15) is 0 Å². The van der Waals surface area contributed by atoms with Crippen LogP contribution in [0.25, 0.3) is 0 Å². The van der Waals surface area contributed by atoms with Gasteiger partial charge in [-0.1, -0.05) is 19.9 Å². The van der Waals surface area contributed by atoms with E-state index in [4.69, 9.17) is 9.47 Å². The molecular weight excluding hydrogens is 396 g/mol. The zero-order valence-corrected chi connectivity index (χ0v) is 19.6. The minimum atomic E-state index is -0.698. The van der Waals surface area contributed by atoms with Gasteiger partial charge >= 0.3 is 5.97 Å². The molecule has 1 aliphatic heterocycles. The third-order valence-corrected chi connectivity index (χ3v) is 5.74. The Morgan fingerprint density at radius 2 is 1.81 bits per heavy atom. The minimum Gasteiger partial charge on any atom is -0.481 e. The molecule has 1 saturated heterocycles. The van der Waals surface area contributed by atoms with Crippen LogP contribution in [0.2, 0.25) is 0 Å². The molecule has 2 amide bonds. The number of likely N-dealkylation sites (N-methyl/N-ethyl adjacent to an activating group) is 1. The lowest BCUT2D eigenvalue weighted by atomic mass is 9.97.